The monoisotopic (exact) mass is 349 g/mol. The number of rotatable bonds is 1. The molecule has 1 saturated heterocycles. The van der Waals surface area contributed by atoms with Crippen LogP contribution in [0.3, 0.4) is 0 Å². The lowest BCUT2D eigenvalue weighted by Gasteiger charge is -2.46. The number of ether oxygens (including phenoxy) is 1. The molecular formula is C20H22F3NO. The molecule has 2 nitrogen and oxygen atoms in total. The molecule has 1 unspecified atom stereocenters. The van der Waals surface area contributed by atoms with Gasteiger partial charge in [-0.1, -0.05) is 23.8 Å². The lowest BCUT2D eigenvalue weighted by atomic mass is 9.73. The van der Waals surface area contributed by atoms with Gasteiger partial charge in [-0.15, -0.1) is 0 Å². The van der Waals surface area contributed by atoms with Gasteiger partial charge in [0.2, 0.25) is 0 Å². The number of nitrogens with one attached hydrogen (secondary N) is 1. The Kier molecular flexibility index (Phi) is 4.14. The predicted octanol–water partition coefficient (Wildman–Crippen LogP) is 5.49. The molecule has 3 aliphatic rings. The molecule has 2 aliphatic heterocycles. The topological polar surface area (TPSA) is 21.3 Å². The molecule has 1 N–H and O–H groups in total. The number of fused-ring (bicyclic) bond motifs is 3. The number of benzene rings is 1. The molecule has 0 spiro atoms. The van der Waals surface area contributed by atoms with Crippen molar-refractivity contribution in [2.24, 2.45) is 11.8 Å². The Morgan fingerprint density at radius 1 is 1.24 bits per heavy atom. The standard InChI is InChI=1S/C20H22F3NO/c1-12-4-6-13(7-5-12)18-15-3-2-10-25-19(15)16-11-14(20(21,22)23)8-9-17(16)24-18/h4-6,8-9,11,13,15,18-19,24H,2-3,7,10H2,1H3/t13?,15-,18-,19-/m0/s1. The Balaban J connectivity index is 1.69. The average Bonchev–Trinajstić information content (AvgIpc) is 2.60. The second kappa shape index (κ2) is 6.20. The molecule has 2 heterocycles. The minimum Gasteiger partial charge on any atom is -0.381 e. The lowest BCUT2D eigenvalue weighted by Crippen LogP contribution is -2.45. The van der Waals surface area contributed by atoms with Crippen LogP contribution in [-0.2, 0) is 10.9 Å². The first-order valence-corrected chi connectivity index (χ1v) is 8.88. The fourth-order valence-electron chi connectivity index (χ4n) is 4.32. The second-order valence-corrected chi connectivity index (χ2v) is 7.27. The van der Waals surface area contributed by atoms with Gasteiger partial charge in [-0.2, -0.15) is 13.2 Å². The molecule has 0 saturated carbocycles. The summed E-state index contributed by atoms with van der Waals surface area (Å²) in [5.74, 6) is 0.541. The van der Waals surface area contributed by atoms with E-state index in [4.69, 9.17) is 4.74 Å². The Hall–Kier alpha value is -1.75. The van der Waals surface area contributed by atoms with Crippen molar-refractivity contribution in [3.63, 3.8) is 0 Å². The summed E-state index contributed by atoms with van der Waals surface area (Å²) < 4.78 is 45.3. The Morgan fingerprint density at radius 3 is 2.80 bits per heavy atom. The van der Waals surface area contributed by atoms with Gasteiger partial charge in [0.05, 0.1) is 11.7 Å². The summed E-state index contributed by atoms with van der Waals surface area (Å²) in [6.07, 6.45) is 4.91. The number of alkyl halides is 3. The smallest absolute Gasteiger partial charge is 0.381 e. The van der Waals surface area contributed by atoms with Crippen molar-refractivity contribution in [3.05, 3.63) is 53.1 Å². The fourth-order valence-corrected chi connectivity index (χ4v) is 4.32. The van der Waals surface area contributed by atoms with E-state index in [1.54, 1.807) is 6.07 Å². The highest BCUT2D eigenvalue weighted by Gasteiger charge is 2.43. The van der Waals surface area contributed by atoms with Crippen LogP contribution in [0.2, 0.25) is 0 Å². The van der Waals surface area contributed by atoms with Gasteiger partial charge in [-0.05, 0) is 44.4 Å². The maximum atomic E-state index is 13.1. The highest BCUT2D eigenvalue weighted by Crippen LogP contribution is 2.48. The maximum Gasteiger partial charge on any atom is 0.416 e. The Bertz CT molecular complexity index is 722. The van der Waals surface area contributed by atoms with E-state index in [2.05, 4.69) is 30.5 Å². The van der Waals surface area contributed by atoms with Crippen molar-refractivity contribution >= 4 is 5.69 Å². The molecule has 4 rings (SSSR count). The van der Waals surface area contributed by atoms with Crippen molar-refractivity contribution in [2.45, 2.75) is 44.5 Å². The van der Waals surface area contributed by atoms with Crippen LogP contribution in [0.25, 0.3) is 0 Å². The van der Waals surface area contributed by atoms with E-state index in [0.717, 1.165) is 31.0 Å². The third-order valence-corrected chi connectivity index (χ3v) is 5.62. The molecule has 134 valence electrons. The van der Waals surface area contributed by atoms with E-state index in [9.17, 15) is 13.2 Å². The third-order valence-electron chi connectivity index (χ3n) is 5.62. The van der Waals surface area contributed by atoms with E-state index < -0.39 is 11.7 Å². The van der Waals surface area contributed by atoms with E-state index in [1.165, 1.54) is 11.6 Å². The van der Waals surface area contributed by atoms with Crippen molar-refractivity contribution in [2.75, 3.05) is 11.9 Å². The fraction of sp³-hybridized carbons (Fsp3) is 0.500. The van der Waals surface area contributed by atoms with Gasteiger partial charge in [0, 0.05) is 35.7 Å². The van der Waals surface area contributed by atoms with Crippen molar-refractivity contribution < 1.29 is 17.9 Å². The summed E-state index contributed by atoms with van der Waals surface area (Å²) in [6, 6.07) is 4.18. The van der Waals surface area contributed by atoms with Crippen molar-refractivity contribution in [1.82, 2.24) is 0 Å². The largest absolute Gasteiger partial charge is 0.416 e. The molecule has 0 radical (unpaired) electrons. The van der Waals surface area contributed by atoms with Crippen LogP contribution in [0.5, 0.6) is 0 Å². The maximum absolute atomic E-state index is 13.1. The first-order valence-electron chi connectivity index (χ1n) is 8.88. The molecule has 5 heteroatoms. The van der Waals surface area contributed by atoms with E-state index >= 15 is 0 Å². The van der Waals surface area contributed by atoms with Crippen LogP contribution in [0.4, 0.5) is 18.9 Å². The Labute approximate surface area is 145 Å². The molecule has 25 heavy (non-hydrogen) atoms. The van der Waals surface area contributed by atoms with E-state index in [0.29, 0.717) is 18.1 Å². The number of hydrogen-bond acceptors (Lipinski definition) is 2. The molecule has 0 aromatic heterocycles. The minimum absolute atomic E-state index is 0.190. The summed E-state index contributed by atoms with van der Waals surface area (Å²) >= 11 is 0. The molecule has 1 aliphatic carbocycles. The molecule has 1 aromatic rings. The van der Waals surface area contributed by atoms with Gasteiger partial charge in [0.1, 0.15) is 0 Å². The first kappa shape index (κ1) is 16.7. The first-order chi connectivity index (χ1) is 11.9. The Morgan fingerprint density at radius 2 is 2.08 bits per heavy atom. The summed E-state index contributed by atoms with van der Waals surface area (Å²) in [4.78, 5) is 0. The van der Waals surface area contributed by atoms with Gasteiger partial charge in [-0.3, -0.25) is 0 Å². The summed E-state index contributed by atoms with van der Waals surface area (Å²) in [6.45, 7) is 2.70. The predicted molar refractivity (Wildman–Crippen MR) is 91.3 cm³/mol. The lowest BCUT2D eigenvalue weighted by molar-refractivity contribution is -0.137. The van der Waals surface area contributed by atoms with Crippen LogP contribution in [-0.4, -0.2) is 12.6 Å². The van der Waals surface area contributed by atoms with Crippen LogP contribution in [0, 0.1) is 11.8 Å². The number of anilines is 1. The number of allylic oxidation sites excluding steroid dienone is 3. The van der Waals surface area contributed by atoms with E-state index in [-0.39, 0.29) is 18.1 Å². The number of halogens is 3. The summed E-state index contributed by atoms with van der Waals surface area (Å²) in [5.41, 5.74) is 2.09. The summed E-state index contributed by atoms with van der Waals surface area (Å²) in [5, 5.41) is 3.53. The highest BCUT2D eigenvalue weighted by molar-refractivity contribution is 5.58. The van der Waals surface area contributed by atoms with Crippen molar-refractivity contribution in [1.29, 1.82) is 0 Å². The van der Waals surface area contributed by atoms with Crippen LogP contribution >= 0.6 is 0 Å². The van der Waals surface area contributed by atoms with Gasteiger partial charge < -0.3 is 10.1 Å². The van der Waals surface area contributed by atoms with Gasteiger partial charge in [0.15, 0.2) is 0 Å². The molecule has 0 amide bonds. The zero-order valence-corrected chi connectivity index (χ0v) is 14.1. The third kappa shape index (κ3) is 3.10. The van der Waals surface area contributed by atoms with Crippen molar-refractivity contribution in [3.8, 4) is 0 Å². The van der Waals surface area contributed by atoms with Gasteiger partial charge in [0.25, 0.3) is 0 Å². The molecule has 4 atom stereocenters. The quantitative estimate of drug-likeness (QED) is 0.724. The molecular weight excluding hydrogens is 327 g/mol. The SMILES string of the molecule is CC1=CCC([C@@H]2Nc3ccc(C(F)(F)F)cc3[C@H]3OCCC[C@H]32)C=C1. The number of hydrogen-bond donors (Lipinski definition) is 1. The molecule has 1 aromatic carbocycles. The molecule has 1 fully saturated rings. The second-order valence-electron chi connectivity index (χ2n) is 7.27. The summed E-state index contributed by atoms with van der Waals surface area (Å²) in [7, 11) is 0. The van der Waals surface area contributed by atoms with Crippen LogP contribution in [0.1, 0.15) is 43.4 Å². The normalized spacial score (nSPS) is 31.6. The zero-order valence-electron chi connectivity index (χ0n) is 14.1. The van der Waals surface area contributed by atoms with E-state index in [1.807, 2.05) is 0 Å². The van der Waals surface area contributed by atoms with Crippen LogP contribution < -0.4 is 5.32 Å². The highest BCUT2D eigenvalue weighted by atomic mass is 19.4. The van der Waals surface area contributed by atoms with Crippen LogP contribution in [0.15, 0.2) is 42.0 Å². The molecule has 0 bridgehead atoms. The zero-order chi connectivity index (χ0) is 17.6. The van der Waals surface area contributed by atoms with Gasteiger partial charge >= 0.3 is 6.18 Å². The average molecular weight is 349 g/mol. The minimum atomic E-state index is -4.33. The van der Waals surface area contributed by atoms with Gasteiger partial charge in [-0.25, -0.2) is 0 Å².